The average Bonchev–Trinajstić information content (AvgIpc) is 2.05. The molecule has 0 unspecified atom stereocenters. The normalized spacial score (nSPS) is 10.0. The van der Waals surface area contributed by atoms with E-state index in [1.807, 2.05) is 0 Å². The van der Waals surface area contributed by atoms with Crippen molar-refractivity contribution in [1.82, 2.24) is 25.4 Å². The smallest absolute Gasteiger partial charge is 0.143 e. The van der Waals surface area contributed by atoms with Gasteiger partial charge in [-0.2, -0.15) is 5.10 Å². The van der Waals surface area contributed by atoms with Crippen LogP contribution < -0.4 is 0 Å². The zero-order valence-corrected chi connectivity index (χ0v) is 4.89. The third kappa shape index (κ3) is 0.680. The van der Waals surface area contributed by atoms with Crippen LogP contribution in [-0.2, 0) is 0 Å². The highest BCUT2D eigenvalue weighted by molar-refractivity contribution is 5.69. The van der Waals surface area contributed by atoms with Crippen molar-refractivity contribution in [2.45, 2.75) is 0 Å². The summed E-state index contributed by atoms with van der Waals surface area (Å²) in [7, 11) is 0. The van der Waals surface area contributed by atoms with Crippen LogP contribution >= 0.6 is 0 Å². The minimum Gasteiger partial charge on any atom is -0.230 e. The van der Waals surface area contributed by atoms with Gasteiger partial charge in [-0.3, -0.25) is 0 Å². The third-order valence-corrected chi connectivity index (χ3v) is 1.04. The van der Waals surface area contributed by atoms with Gasteiger partial charge in [-0.25, -0.2) is 4.98 Å². The first kappa shape index (κ1) is 5.16. The maximum Gasteiger partial charge on any atom is 0.143 e. The summed E-state index contributed by atoms with van der Waals surface area (Å²) < 4.78 is 0. The van der Waals surface area contributed by atoms with E-state index in [2.05, 4.69) is 31.6 Å². The Morgan fingerprint density at radius 1 is 1.30 bits per heavy atom. The standard InChI is InChI=1S/C5H2N5/c1-4-5(2-8-7-1)10-9-3-6-4/h2-3H. The summed E-state index contributed by atoms with van der Waals surface area (Å²) >= 11 is 0. The van der Waals surface area contributed by atoms with Crippen molar-refractivity contribution in [3.63, 3.8) is 0 Å². The highest BCUT2D eigenvalue weighted by Gasteiger charge is 1.92. The van der Waals surface area contributed by atoms with Crippen molar-refractivity contribution in [2.75, 3.05) is 0 Å². The second-order valence-corrected chi connectivity index (χ2v) is 1.65. The van der Waals surface area contributed by atoms with Crippen LogP contribution in [-0.4, -0.2) is 25.4 Å². The lowest BCUT2D eigenvalue weighted by Gasteiger charge is -1.87. The maximum atomic E-state index is 3.85. The lowest BCUT2D eigenvalue weighted by atomic mass is 10.5. The summed E-state index contributed by atoms with van der Waals surface area (Å²) in [5, 5.41) is 14.4. The monoisotopic (exact) mass is 132 g/mol. The summed E-state index contributed by atoms with van der Waals surface area (Å²) in [6.07, 6.45) is 5.42. The van der Waals surface area contributed by atoms with Gasteiger partial charge in [0.05, 0.1) is 6.20 Å². The molecule has 0 aromatic carbocycles. The average molecular weight is 132 g/mol. The minimum atomic E-state index is 0.588. The Morgan fingerprint density at radius 3 is 3.20 bits per heavy atom. The van der Waals surface area contributed by atoms with Crippen LogP contribution in [0.25, 0.3) is 11.0 Å². The zero-order chi connectivity index (χ0) is 6.81. The molecule has 10 heavy (non-hydrogen) atoms. The Morgan fingerprint density at radius 2 is 2.30 bits per heavy atom. The largest absolute Gasteiger partial charge is 0.230 e. The Balaban J connectivity index is 2.89. The van der Waals surface area contributed by atoms with Gasteiger partial charge < -0.3 is 0 Å². The second-order valence-electron chi connectivity index (χ2n) is 1.65. The van der Waals surface area contributed by atoms with Gasteiger partial charge in [0.15, 0.2) is 0 Å². The summed E-state index contributed by atoms with van der Waals surface area (Å²) in [6, 6.07) is 0. The van der Waals surface area contributed by atoms with Crippen LogP contribution in [0.4, 0.5) is 0 Å². The van der Waals surface area contributed by atoms with E-state index in [1.165, 1.54) is 12.5 Å². The van der Waals surface area contributed by atoms with Crippen molar-refractivity contribution in [1.29, 1.82) is 0 Å². The van der Waals surface area contributed by atoms with Gasteiger partial charge in [0, 0.05) is 0 Å². The van der Waals surface area contributed by atoms with E-state index in [9.17, 15) is 0 Å². The summed E-state index contributed by atoms with van der Waals surface area (Å²) in [5.74, 6) is 0. The fourth-order valence-corrected chi connectivity index (χ4v) is 0.618. The minimum absolute atomic E-state index is 0.588. The van der Waals surface area contributed by atoms with E-state index in [0.717, 1.165) is 0 Å². The first-order chi connectivity index (χ1) is 4.97. The van der Waals surface area contributed by atoms with Gasteiger partial charge in [0.25, 0.3) is 0 Å². The van der Waals surface area contributed by atoms with Crippen molar-refractivity contribution in [2.24, 2.45) is 0 Å². The molecule has 0 aliphatic carbocycles. The van der Waals surface area contributed by atoms with E-state index >= 15 is 0 Å². The molecule has 2 rings (SSSR count). The molecule has 2 aromatic rings. The van der Waals surface area contributed by atoms with Crippen molar-refractivity contribution >= 4 is 11.0 Å². The SMILES string of the molecule is [c]1nncc2nncnc12. The Labute approximate surface area is 56.1 Å². The van der Waals surface area contributed by atoms with E-state index in [-0.39, 0.29) is 0 Å². The molecule has 0 aliphatic rings. The zero-order valence-electron chi connectivity index (χ0n) is 4.89. The molecule has 47 valence electrons. The van der Waals surface area contributed by atoms with Crippen LogP contribution in [0, 0.1) is 6.20 Å². The van der Waals surface area contributed by atoms with Crippen molar-refractivity contribution in [3.05, 3.63) is 18.7 Å². The van der Waals surface area contributed by atoms with Gasteiger partial charge in [0.1, 0.15) is 23.6 Å². The van der Waals surface area contributed by atoms with Crippen molar-refractivity contribution < 1.29 is 0 Å². The lowest BCUT2D eigenvalue weighted by Crippen LogP contribution is -1.89. The highest BCUT2D eigenvalue weighted by Crippen LogP contribution is 1.98. The number of aromatic nitrogens is 5. The summed E-state index contributed by atoms with van der Waals surface area (Å²) in [5.41, 5.74) is 1.20. The molecule has 5 nitrogen and oxygen atoms in total. The first-order valence-corrected chi connectivity index (χ1v) is 2.63. The molecule has 0 spiro atoms. The van der Waals surface area contributed by atoms with Crippen LogP contribution in [0.3, 0.4) is 0 Å². The fraction of sp³-hybridized carbons (Fsp3) is 0. The molecule has 0 fully saturated rings. The number of hydrogen-bond donors (Lipinski definition) is 0. The number of rotatable bonds is 0. The van der Waals surface area contributed by atoms with E-state index in [0.29, 0.717) is 11.0 Å². The molecule has 0 bridgehead atoms. The number of fused-ring (bicyclic) bond motifs is 1. The van der Waals surface area contributed by atoms with Gasteiger partial charge in [0.2, 0.25) is 0 Å². The highest BCUT2D eigenvalue weighted by atomic mass is 15.2. The molecule has 0 saturated carbocycles. The first-order valence-electron chi connectivity index (χ1n) is 2.63. The molecular weight excluding hydrogens is 130 g/mol. The number of hydrogen-bond acceptors (Lipinski definition) is 5. The third-order valence-electron chi connectivity index (χ3n) is 1.04. The molecule has 0 aliphatic heterocycles. The Kier molecular flexibility index (Phi) is 1.00. The molecule has 1 radical (unpaired) electrons. The van der Waals surface area contributed by atoms with Gasteiger partial charge in [-0.1, -0.05) is 0 Å². The van der Waals surface area contributed by atoms with E-state index in [1.54, 1.807) is 0 Å². The molecule has 0 saturated heterocycles. The second kappa shape index (κ2) is 1.94. The predicted octanol–water partition coefficient (Wildman–Crippen LogP) is -0.385. The molecule has 0 N–H and O–H groups in total. The number of nitrogens with zero attached hydrogens (tertiary/aromatic N) is 5. The fourth-order valence-electron chi connectivity index (χ4n) is 0.618. The summed E-state index contributed by atoms with van der Waals surface area (Å²) in [4.78, 5) is 3.85. The van der Waals surface area contributed by atoms with Crippen LogP contribution in [0.1, 0.15) is 0 Å². The van der Waals surface area contributed by atoms with Crippen LogP contribution in [0.15, 0.2) is 12.5 Å². The van der Waals surface area contributed by atoms with Crippen molar-refractivity contribution in [3.8, 4) is 0 Å². The molecule has 2 heterocycles. The Hall–Kier alpha value is -1.65. The maximum absolute atomic E-state index is 3.85. The molecular formula is C5H2N5. The quantitative estimate of drug-likeness (QED) is 0.488. The van der Waals surface area contributed by atoms with E-state index in [4.69, 9.17) is 0 Å². The molecule has 0 amide bonds. The Bertz CT molecular complexity index is 281. The van der Waals surface area contributed by atoms with Crippen LogP contribution in [0.5, 0.6) is 0 Å². The summed E-state index contributed by atoms with van der Waals surface area (Å²) in [6.45, 7) is 0. The topological polar surface area (TPSA) is 64.5 Å². The molecule has 5 heteroatoms. The van der Waals surface area contributed by atoms with Gasteiger partial charge in [-0.05, 0) is 0 Å². The molecule has 2 aromatic heterocycles. The van der Waals surface area contributed by atoms with E-state index < -0.39 is 0 Å². The molecule has 0 atom stereocenters. The lowest BCUT2D eigenvalue weighted by molar-refractivity contribution is 0.975. The van der Waals surface area contributed by atoms with Crippen LogP contribution in [0.2, 0.25) is 0 Å². The van der Waals surface area contributed by atoms with Gasteiger partial charge in [-0.15, -0.1) is 15.3 Å². The van der Waals surface area contributed by atoms with Gasteiger partial charge >= 0.3 is 0 Å². The predicted molar refractivity (Wildman–Crippen MR) is 31.8 cm³/mol.